The molecule has 88 valence electrons. The van der Waals surface area contributed by atoms with Gasteiger partial charge in [-0.2, -0.15) is 0 Å². The van der Waals surface area contributed by atoms with Crippen molar-refractivity contribution in [2.75, 3.05) is 6.54 Å². The molecule has 2 unspecified atom stereocenters. The van der Waals surface area contributed by atoms with E-state index < -0.39 is 0 Å². The fourth-order valence-electron chi connectivity index (χ4n) is 2.68. The van der Waals surface area contributed by atoms with Gasteiger partial charge >= 0.3 is 0 Å². The molecule has 1 saturated heterocycles. The van der Waals surface area contributed by atoms with E-state index in [1.165, 1.54) is 38.6 Å². The minimum atomic E-state index is 0.330. The molecule has 0 radical (unpaired) electrons. The summed E-state index contributed by atoms with van der Waals surface area (Å²) in [4.78, 5) is 3.23. The third-order valence-electron chi connectivity index (χ3n) is 3.41. The molecule has 3 heteroatoms. The van der Waals surface area contributed by atoms with Crippen molar-refractivity contribution in [1.82, 2.24) is 4.90 Å². The quantitative estimate of drug-likeness (QED) is 0.734. The summed E-state index contributed by atoms with van der Waals surface area (Å²) in [5.41, 5.74) is 5.83. The van der Waals surface area contributed by atoms with Gasteiger partial charge < -0.3 is 5.73 Å². The minimum absolute atomic E-state index is 0.330. The Hall–Kier alpha value is -0.150. The molecule has 1 aliphatic rings. The van der Waals surface area contributed by atoms with Crippen molar-refractivity contribution in [2.45, 2.75) is 64.5 Å². The highest BCUT2D eigenvalue weighted by Crippen LogP contribution is 2.24. The molecule has 2 N–H and O–H groups in total. The van der Waals surface area contributed by atoms with Crippen LogP contribution in [0.1, 0.15) is 52.4 Å². The molecule has 0 bridgehead atoms. The molecule has 0 spiro atoms. The molecule has 15 heavy (non-hydrogen) atoms. The lowest BCUT2D eigenvalue weighted by Crippen LogP contribution is -2.51. The van der Waals surface area contributed by atoms with Crippen molar-refractivity contribution in [2.24, 2.45) is 5.73 Å². The van der Waals surface area contributed by atoms with E-state index in [9.17, 15) is 0 Å². The zero-order valence-electron chi connectivity index (χ0n) is 10.0. The van der Waals surface area contributed by atoms with Crippen LogP contribution < -0.4 is 5.73 Å². The summed E-state index contributed by atoms with van der Waals surface area (Å²) >= 11 is 5.17. The van der Waals surface area contributed by atoms with Gasteiger partial charge in [0.05, 0.1) is 11.0 Å². The van der Waals surface area contributed by atoms with E-state index in [4.69, 9.17) is 18.0 Å². The van der Waals surface area contributed by atoms with Gasteiger partial charge in [-0.1, -0.05) is 38.9 Å². The summed E-state index contributed by atoms with van der Waals surface area (Å²) in [6.45, 7) is 5.62. The predicted molar refractivity (Wildman–Crippen MR) is 70.1 cm³/mol. The van der Waals surface area contributed by atoms with Crippen molar-refractivity contribution in [3.05, 3.63) is 0 Å². The number of rotatable bonds is 5. The summed E-state index contributed by atoms with van der Waals surface area (Å²) in [5.74, 6) is 0. The number of nitrogens with two attached hydrogens (primary N) is 1. The Morgan fingerprint density at radius 1 is 1.47 bits per heavy atom. The van der Waals surface area contributed by atoms with Gasteiger partial charge in [0.25, 0.3) is 0 Å². The first-order valence-electron chi connectivity index (χ1n) is 6.25. The van der Waals surface area contributed by atoms with Crippen molar-refractivity contribution in [1.29, 1.82) is 0 Å². The Labute approximate surface area is 99.2 Å². The van der Waals surface area contributed by atoms with Crippen LogP contribution in [0.25, 0.3) is 0 Å². The van der Waals surface area contributed by atoms with E-state index in [1.807, 2.05) is 0 Å². The van der Waals surface area contributed by atoms with E-state index in [2.05, 4.69) is 18.7 Å². The van der Waals surface area contributed by atoms with E-state index in [0.29, 0.717) is 11.0 Å². The Balaban J connectivity index is 2.64. The molecule has 0 saturated carbocycles. The number of thiocarbonyl (C=S) groups is 1. The minimum Gasteiger partial charge on any atom is -0.392 e. The second-order valence-electron chi connectivity index (χ2n) is 4.50. The van der Waals surface area contributed by atoms with Gasteiger partial charge in [-0.15, -0.1) is 0 Å². The first-order valence-corrected chi connectivity index (χ1v) is 6.66. The summed E-state index contributed by atoms with van der Waals surface area (Å²) in [6.07, 6.45) is 7.60. The Morgan fingerprint density at radius 3 is 2.73 bits per heavy atom. The van der Waals surface area contributed by atoms with E-state index in [1.54, 1.807) is 0 Å². The fourth-order valence-corrected chi connectivity index (χ4v) is 2.98. The van der Waals surface area contributed by atoms with E-state index >= 15 is 0 Å². The van der Waals surface area contributed by atoms with Crippen LogP contribution >= 0.6 is 12.2 Å². The van der Waals surface area contributed by atoms with Gasteiger partial charge in [0, 0.05) is 6.04 Å². The first kappa shape index (κ1) is 12.9. The second-order valence-corrected chi connectivity index (χ2v) is 4.97. The van der Waals surface area contributed by atoms with Gasteiger partial charge in [-0.05, 0) is 32.2 Å². The van der Waals surface area contributed by atoms with Crippen molar-refractivity contribution in [3.63, 3.8) is 0 Å². The molecule has 0 amide bonds. The zero-order valence-corrected chi connectivity index (χ0v) is 10.9. The molecular formula is C12H24N2S. The zero-order chi connectivity index (χ0) is 11.3. The van der Waals surface area contributed by atoms with Gasteiger partial charge in [0.1, 0.15) is 0 Å². The lowest BCUT2D eigenvalue weighted by atomic mass is 9.95. The molecule has 0 aromatic heterocycles. The number of nitrogens with zero attached hydrogens (tertiary/aromatic N) is 1. The van der Waals surface area contributed by atoms with Crippen LogP contribution in [0.5, 0.6) is 0 Å². The smallest absolute Gasteiger partial charge is 0.0902 e. The normalized spacial score (nSPS) is 25.1. The SMILES string of the molecule is CCCC1CCCCN1C(CC)C(N)=S. The molecule has 0 aliphatic carbocycles. The number of likely N-dealkylation sites (tertiary alicyclic amines) is 1. The topological polar surface area (TPSA) is 29.3 Å². The van der Waals surface area contributed by atoms with Gasteiger partial charge in [0.15, 0.2) is 0 Å². The molecule has 1 rings (SSSR count). The van der Waals surface area contributed by atoms with E-state index in [0.717, 1.165) is 12.5 Å². The van der Waals surface area contributed by atoms with Crippen molar-refractivity contribution in [3.8, 4) is 0 Å². The van der Waals surface area contributed by atoms with Crippen LogP contribution in [-0.2, 0) is 0 Å². The molecule has 1 heterocycles. The summed E-state index contributed by atoms with van der Waals surface area (Å²) in [6, 6.07) is 1.05. The molecule has 0 aromatic rings. The molecule has 1 fully saturated rings. The molecule has 0 aromatic carbocycles. The monoisotopic (exact) mass is 228 g/mol. The highest BCUT2D eigenvalue weighted by molar-refractivity contribution is 7.80. The average Bonchev–Trinajstić information content (AvgIpc) is 2.21. The lowest BCUT2D eigenvalue weighted by molar-refractivity contribution is 0.116. The van der Waals surface area contributed by atoms with Crippen LogP contribution in [0.4, 0.5) is 0 Å². The predicted octanol–water partition coefficient (Wildman–Crippen LogP) is 2.71. The first-order chi connectivity index (χ1) is 7.20. The van der Waals surface area contributed by atoms with Gasteiger partial charge in [-0.3, -0.25) is 4.90 Å². The van der Waals surface area contributed by atoms with Crippen LogP contribution in [0, 0.1) is 0 Å². The van der Waals surface area contributed by atoms with Gasteiger partial charge in [-0.25, -0.2) is 0 Å². The average molecular weight is 228 g/mol. The lowest BCUT2D eigenvalue weighted by Gasteiger charge is -2.40. The Morgan fingerprint density at radius 2 is 2.20 bits per heavy atom. The summed E-state index contributed by atoms with van der Waals surface area (Å²) < 4.78 is 0. The second kappa shape index (κ2) is 6.44. The number of hydrogen-bond acceptors (Lipinski definition) is 2. The highest BCUT2D eigenvalue weighted by atomic mass is 32.1. The molecule has 2 atom stereocenters. The Kier molecular flexibility index (Phi) is 5.54. The van der Waals surface area contributed by atoms with Crippen LogP contribution in [0.15, 0.2) is 0 Å². The maximum Gasteiger partial charge on any atom is 0.0902 e. The molecule has 2 nitrogen and oxygen atoms in total. The number of piperidine rings is 1. The van der Waals surface area contributed by atoms with Crippen LogP contribution in [0.3, 0.4) is 0 Å². The Bertz CT molecular complexity index is 204. The maximum atomic E-state index is 5.83. The summed E-state index contributed by atoms with van der Waals surface area (Å²) in [7, 11) is 0. The van der Waals surface area contributed by atoms with Crippen molar-refractivity contribution >= 4 is 17.2 Å². The summed E-state index contributed by atoms with van der Waals surface area (Å²) in [5, 5.41) is 0. The van der Waals surface area contributed by atoms with E-state index in [-0.39, 0.29) is 0 Å². The molecule has 1 aliphatic heterocycles. The fraction of sp³-hybridized carbons (Fsp3) is 0.917. The van der Waals surface area contributed by atoms with Crippen LogP contribution in [-0.4, -0.2) is 28.5 Å². The van der Waals surface area contributed by atoms with Crippen LogP contribution in [0.2, 0.25) is 0 Å². The highest BCUT2D eigenvalue weighted by Gasteiger charge is 2.28. The largest absolute Gasteiger partial charge is 0.392 e. The van der Waals surface area contributed by atoms with Gasteiger partial charge in [0.2, 0.25) is 0 Å². The number of hydrogen-bond donors (Lipinski definition) is 1. The third kappa shape index (κ3) is 3.42. The standard InChI is InChI=1S/C12H24N2S/c1-3-7-10-8-5-6-9-14(10)11(4-2)12(13)15/h10-11H,3-9H2,1-2H3,(H2,13,15). The maximum absolute atomic E-state index is 5.83. The molecular weight excluding hydrogens is 204 g/mol. The third-order valence-corrected chi connectivity index (χ3v) is 3.68. The van der Waals surface area contributed by atoms with Crippen molar-refractivity contribution < 1.29 is 0 Å².